The Morgan fingerprint density at radius 1 is 1.15 bits per heavy atom. The molecule has 1 aliphatic heterocycles. The largest absolute Gasteiger partial charge is 0.416 e. The van der Waals surface area contributed by atoms with Crippen molar-refractivity contribution in [2.75, 3.05) is 31.2 Å². The van der Waals surface area contributed by atoms with E-state index >= 15 is 0 Å². The van der Waals surface area contributed by atoms with E-state index in [2.05, 4.69) is 46.6 Å². The molecule has 1 N–H and O–H groups in total. The number of carbonyl (C=O) groups is 1. The zero-order valence-electron chi connectivity index (χ0n) is 15.9. The smallest absolute Gasteiger partial charge is 0.412 e. The van der Waals surface area contributed by atoms with Gasteiger partial charge in [0.15, 0.2) is 0 Å². The van der Waals surface area contributed by atoms with E-state index in [1.807, 2.05) is 19.1 Å². The zero-order valence-corrected chi connectivity index (χ0v) is 15.9. The van der Waals surface area contributed by atoms with Gasteiger partial charge in [-0.3, -0.25) is 0 Å². The number of carbonyl (C=O) groups excluding carboxylic acids is 1. The third-order valence-corrected chi connectivity index (χ3v) is 4.60. The van der Waals surface area contributed by atoms with Gasteiger partial charge in [0.1, 0.15) is 5.76 Å². The second-order valence-corrected chi connectivity index (χ2v) is 6.49. The first-order valence-corrected chi connectivity index (χ1v) is 9.26. The van der Waals surface area contributed by atoms with Crippen LogP contribution >= 0.6 is 0 Å². The van der Waals surface area contributed by atoms with Gasteiger partial charge < -0.3 is 19.7 Å². The van der Waals surface area contributed by atoms with Crippen LogP contribution < -0.4 is 10.2 Å². The van der Waals surface area contributed by atoms with E-state index in [0.717, 1.165) is 43.0 Å². The summed E-state index contributed by atoms with van der Waals surface area (Å²) in [6.45, 7) is 7.44. The van der Waals surface area contributed by atoms with Crippen LogP contribution in [0.1, 0.15) is 19.4 Å². The number of nitrogens with one attached hydrogen (secondary N) is 1. The Hall–Kier alpha value is -2.79. The normalized spacial score (nSPS) is 14.7. The number of allylic oxidation sites excluding steroid dienone is 2. The van der Waals surface area contributed by atoms with Gasteiger partial charge >= 0.3 is 6.09 Å². The molecule has 0 atom stereocenters. The lowest BCUT2D eigenvalue weighted by atomic mass is 10.0. The first kappa shape index (κ1) is 19.0. The van der Waals surface area contributed by atoms with E-state index in [1.165, 1.54) is 5.69 Å². The fourth-order valence-electron chi connectivity index (χ4n) is 2.96. The molecule has 1 fully saturated rings. The predicted molar refractivity (Wildman–Crippen MR) is 108 cm³/mol. The van der Waals surface area contributed by atoms with Gasteiger partial charge in [0, 0.05) is 25.3 Å². The molecule has 1 aliphatic rings. The molecule has 5 heteroatoms. The van der Waals surface area contributed by atoms with Crippen LogP contribution in [-0.4, -0.2) is 32.4 Å². The quantitative estimate of drug-likeness (QED) is 0.800. The Kier molecular flexibility index (Phi) is 6.49. The summed E-state index contributed by atoms with van der Waals surface area (Å²) in [5, 5.41) is 2.77. The summed E-state index contributed by atoms with van der Waals surface area (Å²) in [6, 6.07) is 16.8. The van der Waals surface area contributed by atoms with E-state index in [1.54, 1.807) is 13.0 Å². The van der Waals surface area contributed by atoms with Gasteiger partial charge in [0.2, 0.25) is 0 Å². The molecule has 0 aromatic heterocycles. The minimum absolute atomic E-state index is 0.426. The second-order valence-electron chi connectivity index (χ2n) is 6.49. The Morgan fingerprint density at radius 3 is 2.59 bits per heavy atom. The van der Waals surface area contributed by atoms with Crippen molar-refractivity contribution in [1.29, 1.82) is 0 Å². The molecular formula is C22H26N2O3. The number of amides is 1. The van der Waals surface area contributed by atoms with Crippen molar-refractivity contribution in [2.45, 2.75) is 20.4 Å². The molecule has 142 valence electrons. The van der Waals surface area contributed by atoms with Crippen molar-refractivity contribution in [3.05, 3.63) is 65.9 Å². The van der Waals surface area contributed by atoms with Crippen LogP contribution in [0.15, 0.2) is 60.4 Å². The highest BCUT2D eigenvalue weighted by Gasteiger charge is 2.11. The zero-order chi connectivity index (χ0) is 19.1. The summed E-state index contributed by atoms with van der Waals surface area (Å²) in [7, 11) is 0. The van der Waals surface area contributed by atoms with Gasteiger partial charge in [0.25, 0.3) is 0 Å². The van der Waals surface area contributed by atoms with Crippen molar-refractivity contribution in [2.24, 2.45) is 0 Å². The average Bonchev–Trinajstić information content (AvgIpc) is 2.73. The highest BCUT2D eigenvalue weighted by molar-refractivity contribution is 5.69. The summed E-state index contributed by atoms with van der Waals surface area (Å²) in [5.41, 5.74) is 4.53. The number of anilines is 1. The molecule has 5 nitrogen and oxygen atoms in total. The Labute approximate surface area is 160 Å². The molecular weight excluding hydrogens is 340 g/mol. The average molecular weight is 366 g/mol. The van der Waals surface area contributed by atoms with Crippen molar-refractivity contribution in [3.63, 3.8) is 0 Å². The van der Waals surface area contributed by atoms with E-state index in [9.17, 15) is 4.79 Å². The lowest BCUT2D eigenvalue weighted by Crippen LogP contribution is -2.36. The molecule has 0 spiro atoms. The molecule has 1 saturated heterocycles. The molecule has 0 unspecified atom stereocenters. The number of morpholine rings is 1. The minimum atomic E-state index is -0.439. The van der Waals surface area contributed by atoms with E-state index < -0.39 is 6.09 Å². The van der Waals surface area contributed by atoms with Gasteiger partial charge in [-0.25, -0.2) is 4.79 Å². The number of ether oxygens (including phenoxy) is 2. The van der Waals surface area contributed by atoms with Crippen LogP contribution in [0.4, 0.5) is 10.5 Å². The molecule has 2 aromatic carbocycles. The maximum atomic E-state index is 11.7. The number of rotatable bonds is 5. The number of hydrogen-bond acceptors (Lipinski definition) is 4. The fraction of sp³-hybridized carbons (Fsp3) is 0.318. The van der Waals surface area contributed by atoms with Gasteiger partial charge in [-0.05, 0) is 54.8 Å². The van der Waals surface area contributed by atoms with Crippen molar-refractivity contribution in [3.8, 4) is 11.1 Å². The van der Waals surface area contributed by atoms with Crippen molar-refractivity contribution < 1.29 is 14.3 Å². The van der Waals surface area contributed by atoms with E-state index in [4.69, 9.17) is 9.47 Å². The van der Waals surface area contributed by atoms with Crippen LogP contribution in [0.2, 0.25) is 0 Å². The number of benzene rings is 2. The number of alkyl carbamates (subject to hydrolysis) is 1. The van der Waals surface area contributed by atoms with Gasteiger partial charge in [-0.1, -0.05) is 30.3 Å². The molecule has 0 aliphatic carbocycles. The first-order valence-electron chi connectivity index (χ1n) is 9.26. The molecule has 2 aromatic rings. The summed E-state index contributed by atoms with van der Waals surface area (Å²) >= 11 is 0. The molecule has 27 heavy (non-hydrogen) atoms. The maximum Gasteiger partial charge on any atom is 0.412 e. The third-order valence-electron chi connectivity index (χ3n) is 4.60. The highest BCUT2D eigenvalue weighted by atomic mass is 16.6. The summed E-state index contributed by atoms with van der Waals surface area (Å²) < 4.78 is 10.5. The molecule has 0 radical (unpaired) electrons. The second kappa shape index (κ2) is 9.24. The monoisotopic (exact) mass is 366 g/mol. The van der Waals surface area contributed by atoms with Gasteiger partial charge in [-0.2, -0.15) is 0 Å². The van der Waals surface area contributed by atoms with Crippen LogP contribution in [0.5, 0.6) is 0 Å². The minimum Gasteiger partial charge on any atom is -0.416 e. The lowest BCUT2D eigenvalue weighted by Gasteiger charge is -2.28. The van der Waals surface area contributed by atoms with Crippen LogP contribution in [-0.2, 0) is 16.0 Å². The predicted octanol–water partition coefficient (Wildman–Crippen LogP) is 4.34. The number of nitrogens with zero attached hydrogens (tertiary/aromatic N) is 1. The van der Waals surface area contributed by atoms with Crippen LogP contribution in [0.3, 0.4) is 0 Å². The summed E-state index contributed by atoms with van der Waals surface area (Å²) in [6.07, 6.45) is 1.31. The first-order chi connectivity index (χ1) is 13.2. The maximum absolute atomic E-state index is 11.7. The SMILES string of the molecule is C/C=C(/C)OC(=O)NCc1cccc(-c2ccc(N3CCOCC3)cc2)c1. The standard InChI is InChI=1S/C22H26N2O3/c1-3-17(2)27-22(25)23-16-18-5-4-6-20(15-18)19-7-9-21(10-8-19)24-11-13-26-14-12-24/h3-10,15H,11-14,16H2,1-2H3,(H,23,25)/b17-3-. The van der Waals surface area contributed by atoms with Crippen molar-refractivity contribution >= 4 is 11.8 Å². The van der Waals surface area contributed by atoms with Crippen molar-refractivity contribution in [1.82, 2.24) is 5.32 Å². The Balaban J connectivity index is 1.63. The number of hydrogen-bond donors (Lipinski definition) is 1. The van der Waals surface area contributed by atoms with E-state index in [-0.39, 0.29) is 0 Å². The topological polar surface area (TPSA) is 50.8 Å². The highest BCUT2D eigenvalue weighted by Crippen LogP contribution is 2.24. The summed E-state index contributed by atoms with van der Waals surface area (Å²) in [5.74, 6) is 0.585. The van der Waals surface area contributed by atoms with Crippen LogP contribution in [0, 0.1) is 0 Å². The molecule has 0 saturated carbocycles. The van der Waals surface area contributed by atoms with Crippen LogP contribution in [0.25, 0.3) is 11.1 Å². The Morgan fingerprint density at radius 2 is 1.89 bits per heavy atom. The van der Waals surface area contributed by atoms with Gasteiger partial charge in [0.05, 0.1) is 13.2 Å². The van der Waals surface area contributed by atoms with Gasteiger partial charge in [-0.15, -0.1) is 0 Å². The van der Waals surface area contributed by atoms with E-state index in [0.29, 0.717) is 12.3 Å². The Bertz CT molecular complexity index is 793. The molecule has 3 rings (SSSR count). The lowest BCUT2D eigenvalue weighted by molar-refractivity contribution is 0.122. The fourth-order valence-corrected chi connectivity index (χ4v) is 2.96. The third kappa shape index (κ3) is 5.34. The molecule has 0 bridgehead atoms. The summed E-state index contributed by atoms with van der Waals surface area (Å²) in [4.78, 5) is 14.1. The molecule has 1 amide bonds. The molecule has 1 heterocycles.